The van der Waals surface area contributed by atoms with Gasteiger partial charge in [0, 0.05) is 13.0 Å². The van der Waals surface area contributed by atoms with Gasteiger partial charge in [0.05, 0.1) is 0 Å². The Morgan fingerprint density at radius 2 is 1.41 bits per heavy atom. The van der Waals surface area contributed by atoms with Crippen LogP contribution in [0.5, 0.6) is 0 Å². The minimum atomic E-state index is -2.39. The van der Waals surface area contributed by atoms with Crippen LogP contribution in [0.25, 0.3) is 0 Å². The lowest BCUT2D eigenvalue weighted by molar-refractivity contribution is -0.108. The van der Waals surface area contributed by atoms with E-state index in [4.69, 9.17) is 4.43 Å². The van der Waals surface area contributed by atoms with Gasteiger partial charge in [0.2, 0.25) is 0 Å². The van der Waals surface area contributed by atoms with Crippen LogP contribution >= 0.6 is 0 Å². The summed E-state index contributed by atoms with van der Waals surface area (Å²) in [5.41, 5.74) is 0. The monoisotopic (exact) mass is 476 g/mol. The second-order valence-electron chi connectivity index (χ2n) is 10.9. The zero-order chi connectivity index (χ0) is 24.3. The van der Waals surface area contributed by atoms with Crippen molar-refractivity contribution in [3.63, 3.8) is 0 Å². The summed E-state index contributed by atoms with van der Waals surface area (Å²) in [5.74, 6) is 1.20. The Morgan fingerprint density at radius 3 is 1.97 bits per heavy atom. The number of allylic oxidation sites excluding steroid dienone is 2. The van der Waals surface area contributed by atoms with E-state index in [1.807, 2.05) is 0 Å². The first kappa shape index (κ1) is 26.6. The molecular formula is C31H44O2Si. The van der Waals surface area contributed by atoms with Gasteiger partial charge in [0.1, 0.15) is 6.29 Å². The molecule has 3 heteroatoms. The second-order valence-corrected chi connectivity index (χ2v) is 15.2. The van der Waals surface area contributed by atoms with Crippen molar-refractivity contribution in [3.05, 3.63) is 72.8 Å². The first-order chi connectivity index (χ1) is 16.5. The Morgan fingerprint density at radius 1 is 0.853 bits per heavy atom. The average Bonchev–Trinajstić information content (AvgIpc) is 3.28. The van der Waals surface area contributed by atoms with Gasteiger partial charge in [-0.05, 0) is 46.5 Å². The van der Waals surface area contributed by atoms with Crippen molar-refractivity contribution in [3.8, 4) is 0 Å². The van der Waals surface area contributed by atoms with Gasteiger partial charge in [-0.1, -0.05) is 126 Å². The maximum Gasteiger partial charge on any atom is 0.261 e. The minimum absolute atomic E-state index is 0.0481. The predicted molar refractivity (Wildman–Crippen MR) is 147 cm³/mol. The molecule has 2 aromatic carbocycles. The zero-order valence-electron chi connectivity index (χ0n) is 21.5. The van der Waals surface area contributed by atoms with E-state index in [1.54, 1.807) is 0 Å². The summed E-state index contributed by atoms with van der Waals surface area (Å²) in [6, 6.07) is 21.9. The highest BCUT2D eigenvalue weighted by Gasteiger charge is 2.49. The third-order valence-corrected chi connectivity index (χ3v) is 12.5. The van der Waals surface area contributed by atoms with Gasteiger partial charge in [0.25, 0.3) is 8.32 Å². The Bertz CT molecular complexity index is 830. The third kappa shape index (κ3) is 6.79. The van der Waals surface area contributed by atoms with Crippen molar-refractivity contribution >= 4 is 25.0 Å². The maximum atomic E-state index is 10.8. The molecule has 0 saturated carbocycles. The van der Waals surface area contributed by atoms with Crippen LogP contribution in [-0.4, -0.2) is 21.2 Å². The van der Waals surface area contributed by atoms with Gasteiger partial charge in [-0.15, -0.1) is 0 Å². The van der Waals surface area contributed by atoms with E-state index in [-0.39, 0.29) is 5.04 Å². The van der Waals surface area contributed by atoms with Crippen LogP contribution in [0.4, 0.5) is 0 Å². The van der Waals surface area contributed by atoms with E-state index in [2.05, 4.69) is 93.6 Å². The Kier molecular flexibility index (Phi) is 10.3. The van der Waals surface area contributed by atoms with E-state index in [1.165, 1.54) is 48.9 Å². The van der Waals surface area contributed by atoms with Crippen LogP contribution in [0.2, 0.25) is 5.04 Å². The summed E-state index contributed by atoms with van der Waals surface area (Å²) >= 11 is 0. The molecule has 0 radical (unpaired) electrons. The van der Waals surface area contributed by atoms with Gasteiger partial charge in [-0.25, -0.2) is 0 Å². The first-order valence-electron chi connectivity index (χ1n) is 13.3. The molecule has 2 atom stereocenters. The van der Waals surface area contributed by atoms with Crippen molar-refractivity contribution in [2.75, 3.05) is 6.61 Å². The molecule has 0 aliphatic heterocycles. The first-order valence-corrected chi connectivity index (χ1v) is 15.2. The van der Waals surface area contributed by atoms with Crippen LogP contribution in [0.1, 0.15) is 78.6 Å². The van der Waals surface area contributed by atoms with Crippen molar-refractivity contribution in [1.29, 1.82) is 0 Å². The summed E-state index contributed by atoms with van der Waals surface area (Å²) in [5, 5.41) is 2.78. The standard InChI is InChI=1S/C31H44O2Si/c1-31(2,3)34(29-20-11-8-12-21-29,30-22-13-9-14-23-30)33-26-15-7-5-4-6-10-17-27-18-16-19-28(27)24-25-32/h8-9,11-14,16,19-23,25,27-28H,4-7,10,15,17-18,24,26H2,1-3H3/t27-,28+/m0/s1. The van der Waals surface area contributed by atoms with Gasteiger partial charge >= 0.3 is 0 Å². The van der Waals surface area contributed by atoms with E-state index in [9.17, 15) is 4.79 Å². The Hall–Kier alpha value is -1.97. The largest absolute Gasteiger partial charge is 0.407 e. The number of unbranched alkanes of at least 4 members (excludes halogenated alkanes) is 5. The molecule has 1 aliphatic carbocycles. The number of rotatable bonds is 14. The summed E-state index contributed by atoms with van der Waals surface area (Å²) in [6.07, 6.45) is 16.3. The lowest BCUT2D eigenvalue weighted by Gasteiger charge is -2.43. The van der Waals surface area contributed by atoms with Gasteiger partial charge in [0.15, 0.2) is 0 Å². The normalized spacial score (nSPS) is 18.3. The quantitative estimate of drug-likeness (QED) is 0.126. The molecule has 0 aromatic heterocycles. The highest BCUT2D eigenvalue weighted by atomic mass is 28.4. The van der Waals surface area contributed by atoms with E-state index in [0.717, 1.165) is 25.7 Å². The predicted octanol–water partition coefficient (Wildman–Crippen LogP) is 7.08. The van der Waals surface area contributed by atoms with Crippen molar-refractivity contribution in [1.82, 2.24) is 0 Å². The molecule has 0 amide bonds. The summed E-state index contributed by atoms with van der Waals surface area (Å²) in [6.45, 7) is 7.87. The molecule has 0 fully saturated rings. The Balaban J connectivity index is 1.47. The molecule has 0 bridgehead atoms. The van der Waals surface area contributed by atoms with Gasteiger partial charge in [-0.2, -0.15) is 0 Å². The second kappa shape index (κ2) is 13.2. The van der Waals surface area contributed by atoms with E-state index < -0.39 is 8.32 Å². The van der Waals surface area contributed by atoms with Crippen LogP contribution in [0.15, 0.2) is 72.8 Å². The van der Waals surface area contributed by atoms with Crippen LogP contribution < -0.4 is 10.4 Å². The summed E-state index contributed by atoms with van der Waals surface area (Å²) in [7, 11) is -2.39. The maximum absolute atomic E-state index is 10.8. The van der Waals surface area contributed by atoms with Crippen molar-refractivity contribution < 1.29 is 9.22 Å². The van der Waals surface area contributed by atoms with Crippen molar-refractivity contribution in [2.45, 2.75) is 83.6 Å². The number of benzene rings is 2. The molecule has 1 aliphatic rings. The Labute approximate surface area is 209 Å². The molecule has 0 heterocycles. The average molecular weight is 477 g/mol. The van der Waals surface area contributed by atoms with Gasteiger partial charge < -0.3 is 9.22 Å². The SMILES string of the molecule is CC(C)(C)[Si](OCCCCCCCC[C@H]1CC=C[C@@H]1CC=O)(c1ccccc1)c1ccccc1. The van der Waals surface area contributed by atoms with Crippen molar-refractivity contribution in [2.24, 2.45) is 11.8 Å². The number of carbonyl (C=O) groups is 1. The van der Waals surface area contributed by atoms with Gasteiger partial charge in [-0.3, -0.25) is 0 Å². The molecule has 2 aromatic rings. The molecular weight excluding hydrogens is 432 g/mol. The molecule has 0 spiro atoms. The lowest BCUT2D eigenvalue weighted by Crippen LogP contribution is -2.66. The fourth-order valence-corrected chi connectivity index (χ4v) is 10.3. The molecule has 184 valence electrons. The minimum Gasteiger partial charge on any atom is -0.407 e. The lowest BCUT2D eigenvalue weighted by atomic mass is 9.88. The number of aldehydes is 1. The fourth-order valence-electron chi connectivity index (χ4n) is 5.68. The third-order valence-electron chi connectivity index (χ3n) is 7.50. The highest BCUT2D eigenvalue weighted by Crippen LogP contribution is 2.37. The molecule has 34 heavy (non-hydrogen) atoms. The number of hydrogen-bond acceptors (Lipinski definition) is 2. The molecule has 0 unspecified atom stereocenters. The molecule has 2 nitrogen and oxygen atoms in total. The van der Waals surface area contributed by atoms with Crippen LogP contribution in [-0.2, 0) is 9.22 Å². The van der Waals surface area contributed by atoms with Crippen LogP contribution in [0.3, 0.4) is 0 Å². The highest BCUT2D eigenvalue weighted by molar-refractivity contribution is 6.99. The van der Waals surface area contributed by atoms with E-state index in [0.29, 0.717) is 18.3 Å². The molecule has 0 saturated heterocycles. The van der Waals surface area contributed by atoms with Crippen LogP contribution in [0, 0.1) is 11.8 Å². The summed E-state index contributed by atoms with van der Waals surface area (Å²) in [4.78, 5) is 10.8. The molecule has 3 rings (SSSR count). The zero-order valence-corrected chi connectivity index (χ0v) is 22.5. The topological polar surface area (TPSA) is 26.3 Å². The van der Waals surface area contributed by atoms with E-state index >= 15 is 0 Å². The fraction of sp³-hybridized carbons (Fsp3) is 0.516. The number of carbonyl (C=O) groups excluding carboxylic acids is 1. The molecule has 0 N–H and O–H groups in total. The summed E-state index contributed by atoms with van der Waals surface area (Å²) < 4.78 is 7.00. The smallest absolute Gasteiger partial charge is 0.261 e. The number of hydrogen-bond donors (Lipinski definition) is 0.